The molecule has 5 aliphatic heterocycles. The first-order chi connectivity index (χ1) is 41.1. The first-order valence-electron chi connectivity index (χ1n) is 28.8. The van der Waals surface area contributed by atoms with Crippen molar-refractivity contribution < 1.29 is 9.47 Å². The van der Waals surface area contributed by atoms with E-state index in [1.54, 1.807) is 0 Å². The Morgan fingerprint density at radius 3 is 1.17 bits per heavy atom. The third-order valence-corrected chi connectivity index (χ3v) is 17.8. The van der Waals surface area contributed by atoms with Gasteiger partial charge in [-0.3, -0.25) is 0 Å². The smallest absolute Gasteiger partial charge is 0.256 e. The molecule has 0 spiro atoms. The Kier molecular flexibility index (Phi) is 10.6. The van der Waals surface area contributed by atoms with Crippen LogP contribution in [0, 0.1) is 13.8 Å². The highest BCUT2D eigenvalue weighted by Gasteiger charge is 2.50. The van der Waals surface area contributed by atoms with E-state index in [0.717, 1.165) is 119 Å². The summed E-state index contributed by atoms with van der Waals surface area (Å²) in [6, 6.07) is 99.3. The molecule has 83 heavy (non-hydrogen) atoms. The second kappa shape index (κ2) is 18.6. The normalized spacial score (nSPS) is 13.5. The van der Waals surface area contributed by atoms with Crippen LogP contribution in [0.5, 0.6) is 23.0 Å². The van der Waals surface area contributed by atoms with Crippen LogP contribution in [0.3, 0.4) is 0 Å². The second-order valence-electron chi connectivity index (χ2n) is 22.4. The number of para-hydroxylation sites is 8. The maximum absolute atomic E-state index is 7.99. The third-order valence-electron chi connectivity index (χ3n) is 17.8. The Morgan fingerprint density at radius 2 is 0.675 bits per heavy atom. The molecule has 5 heterocycles. The van der Waals surface area contributed by atoms with Gasteiger partial charge in [-0.05, 0) is 149 Å². The number of ether oxygens (including phenoxy) is 2. The summed E-state index contributed by atoms with van der Waals surface area (Å²) in [6.07, 6.45) is 0. The molecule has 17 rings (SSSR count). The quantitative estimate of drug-likeness (QED) is 0.148. The largest absolute Gasteiger partial charge is 0.459 e. The molecular formula is C74H51B3N4O2. The van der Waals surface area contributed by atoms with Crippen molar-refractivity contribution in [2.45, 2.75) is 13.8 Å². The van der Waals surface area contributed by atoms with Gasteiger partial charge < -0.3 is 29.1 Å². The first kappa shape index (κ1) is 47.4. The molecule has 0 unspecified atom stereocenters. The van der Waals surface area contributed by atoms with Crippen LogP contribution in [0.4, 0.5) is 68.2 Å². The van der Waals surface area contributed by atoms with Crippen molar-refractivity contribution in [1.82, 2.24) is 0 Å². The fourth-order valence-corrected chi connectivity index (χ4v) is 14.5. The van der Waals surface area contributed by atoms with Gasteiger partial charge in [-0.2, -0.15) is 0 Å². The predicted molar refractivity (Wildman–Crippen MR) is 348 cm³/mol. The standard InChI is InChI=1S/C74H51B3N4O2/c1-48-25-24-26-49(2)70(48)77-58-39-20-23-42-63(58)81(54-35-16-7-17-36-54)66-46-65-72-74(73(66)77)83-68-47-67-59(45-60(68)76(72)57-38-19-22-41-62(57)80(65)53-33-14-6-15-34-53)75-56-37-18-21-40-61(56)79(52-31-12-5-13-32-52)64-43-55(44-69(82-67)71(64)75)78(50-27-8-3-9-28-50)51-29-10-4-11-30-51/h3-47H,1-2H3. The molecule has 0 saturated heterocycles. The van der Waals surface area contributed by atoms with Gasteiger partial charge >= 0.3 is 0 Å². The molecule has 0 atom stereocenters. The van der Waals surface area contributed by atoms with Crippen LogP contribution in [0.2, 0.25) is 0 Å². The van der Waals surface area contributed by atoms with Crippen molar-refractivity contribution in [3.63, 3.8) is 0 Å². The lowest BCUT2D eigenvalue weighted by Crippen LogP contribution is -2.65. The van der Waals surface area contributed by atoms with Gasteiger partial charge in [0, 0.05) is 74.7 Å². The minimum absolute atomic E-state index is 0.159. The van der Waals surface area contributed by atoms with E-state index in [-0.39, 0.29) is 20.1 Å². The van der Waals surface area contributed by atoms with Crippen molar-refractivity contribution in [2.75, 3.05) is 19.6 Å². The van der Waals surface area contributed by atoms with Crippen LogP contribution in [-0.2, 0) is 0 Å². The van der Waals surface area contributed by atoms with Crippen molar-refractivity contribution in [3.8, 4) is 23.0 Å². The molecule has 0 aromatic heterocycles. The molecule has 0 saturated carbocycles. The zero-order valence-electron chi connectivity index (χ0n) is 45.8. The molecule has 0 radical (unpaired) electrons. The number of benzene rings is 12. The van der Waals surface area contributed by atoms with Crippen LogP contribution >= 0.6 is 0 Å². The third kappa shape index (κ3) is 7.14. The average molecular weight is 1060 g/mol. The maximum atomic E-state index is 7.99. The summed E-state index contributed by atoms with van der Waals surface area (Å²) in [5.74, 6) is 3.27. The van der Waals surface area contributed by atoms with E-state index < -0.39 is 0 Å². The highest BCUT2D eigenvalue weighted by molar-refractivity contribution is 7.04. The van der Waals surface area contributed by atoms with Gasteiger partial charge in [0.25, 0.3) is 20.1 Å². The number of anilines is 12. The number of fused-ring (bicyclic) bond motifs is 11. The number of hydrogen-bond donors (Lipinski definition) is 0. The lowest BCUT2D eigenvalue weighted by Gasteiger charge is -2.45. The number of aryl methyl sites for hydroxylation is 2. The number of rotatable bonds is 7. The zero-order valence-corrected chi connectivity index (χ0v) is 45.8. The van der Waals surface area contributed by atoms with E-state index in [1.807, 2.05) is 0 Å². The van der Waals surface area contributed by atoms with Gasteiger partial charge in [0.1, 0.15) is 23.0 Å². The van der Waals surface area contributed by atoms with E-state index in [2.05, 4.69) is 306 Å². The molecule has 6 nitrogen and oxygen atoms in total. The van der Waals surface area contributed by atoms with Gasteiger partial charge in [-0.25, -0.2) is 0 Å². The molecule has 0 N–H and O–H groups in total. The molecule has 0 fully saturated rings. The van der Waals surface area contributed by atoms with E-state index in [0.29, 0.717) is 0 Å². The van der Waals surface area contributed by atoms with Crippen molar-refractivity contribution in [1.29, 1.82) is 0 Å². The molecular weight excluding hydrogens is 1010 g/mol. The van der Waals surface area contributed by atoms with Gasteiger partial charge in [-0.1, -0.05) is 186 Å². The molecule has 0 bridgehead atoms. The van der Waals surface area contributed by atoms with Crippen molar-refractivity contribution in [3.05, 3.63) is 284 Å². The van der Waals surface area contributed by atoms with Crippen molar-refractivity contribution in [2.24, 2.45) is 0 Å². The average Bonchev–Trinajstić information content (AvgIpc) is 1.26. The van der Waals surface area contributed by atoms with E-state index in [4.69, 9.17) is 9.47 Å². The second-order valence-corrected chi connectivity index (χ2v) is 22.4. The number of hydrogen-bond acceptors (Lipinski definition) is 6. The summed E-state index contributed by atoms with van der Waals surface area (Å²) in [5, 5.41) is 0. The number of nitrogens with zero attached hydrogens (tertiary/aromatic N) is 4. The van der Waals surface area contributed by atoms with E-state index in [9.17, 15) is 0 Å². The summed E-state index contributed by atoms with van der Waals surface area (Å²) in [5.41, 5.74) is 26.1. The van der Waals surface area contributed by atoms with Crippen LogP contribution in [0.1, 0.15) is 11.1 Å². The predicted octanol–water partition coefficient (Wildman–Crippen LogP) is 12.9. The van der Waals surface area contributed by atoms with Crippen LogP contribution in [0.25, 0.3) is 0 Å². The van der Waals surface area contributed by atoms with Crippen LogP contribution in [0.15, 0.2) is 273 Å². The fraction of sp³-hybridized carbons (Fsp3) is 0.0270. The molecule has 9 heteroatoms. The molecule has 388 valence electrons. The van der Waals surface area contributed by atoms with Gasteiger partial charge in [0.2, 0.25) is 0 Å². The maximum Gasteiger partial charge on any atom is 0.256 e. The Labute approximate surface area is 484 Å². The molecule has 12 aromatic carbocycles. The minimum atomic E-state index is -0.204. The Morgan fingerprint density at radius 1 is 0.277 bits per heavy atom. The van der Waals surface area contributed by atoms with Crippen LogP contribution < -0.4 is 78.2 Å². The van der Waals surface area contributed by atoms with E-state index >= 15 is 0 Å². The fourth-order valence-electron chi connectivity index (χ4n) is 14.5. The first-order valence-corrected chi connectivity index (χ1v) is 28.8. The molecule has 5 aliphatic rings. The summed E-state index contributed by atoms with van der Waals surface area (Å²) < 4.78 is 15.6. The lowest BCUT2D eigenvalue weighted by atomic mass is 9.29. The van der Waals surface area contributed by atoms with Crippen molar-refractivity contribution >= 4 is 138 Å². The van der Waals surface area contributed by atoms with Crippen LogP contribution in [-0.4, -0.2) is 20.1 Å². The molecule has 0 amide bonds. The summed E-state index contributed by atoms with van der Waals surface area (Å²) in [6.45, 7) is 4.00. The van der Waals surface area contributed by atoms with Gasteiger partial charge in [0.05, 0.1) is 5.69 Å². The zero-order chi connectivity index (χ0) is 54.9. The monoisotopic (exact) mass is 1060 g/mol. The summed E-state index contributed by atoms with van der Waals surface area (Å²) in [4.78, 5) is 9.72. The summed E-state index contributed by atoms with van der Waals surface area (Å²) in [7, 11) is 0. The highest BCUT2D eigenvalue weighted by atomic mass is 16.5. The SMILES string of the molecule is Cc1cccc(C)c1B1c2ccccc2N(c2ccccc2)c2cc3c4c(c21)Oc1cc2c(cc1B4c1ccccc1N3c1ccccc1)B1c3ccccc3N(c3ccccc3)c3cc(N(c4ccccc4)c4ccccc4)cc(c31)O2. The summed E-state index contributed by atoms with van der Waals surface area (Å²) >= 11 is 0. The lowest BCUT2D eigenvalue weighted by molar-refractivity contribution is 0.467. The molecule has 12 aromatic rings. The van der Waals surface area contributed by atoms with Gasteiger partial charge in [0.15, 0.2) is 0 Å². The minimum Gasteiger partial charge on any atom is -0.459 e. The molecule has 0 aliphatic carbocycles. The Bertz CT molecular complexity index is 4530. The Balaban J connectivity index is 0.949. The Hall–Kier alpha value is -10.4. The van der Waals surface area contributed by atoms with E-state index in [1.165, 1.54) is 33.0 Å². The topological polar surface area (TPSA) is 31.4 Å². The highest BCUT2D eigenvalue weighted by Crippen LogP contribution is 2.49. The van der Waals surface area contributed by atoms with Gasteiger partial charge in [-0.15, -0.1) is 0 Å².